The van der Waals surface area contributed by atoms with Crippen molar-refractivity contribution in [2.24, 2.45) is 0 Å². The van der Waals surface area contributed by atoms with Crippen LogP contribution in [0.2, 0.25) is 0 Å². The second-order valence-corrected chi connectivity index (χ2v) is 6.72. The molecular formula is C21H24N4O2. The van der Waals surface area contributed by atoms with Crippen molar-refractivity contribution in [3.05, 3.63) is 60.4 Å². The Morgan fingerprint density at radius 2 is 1.96 bits per heavy atom. The lowest BCUT2D eigenvalue weighted by atomic mass is 10.2. The number of ether oxygens (including phenoxy) is 1. The van der Waals surface area contributed by atoms with Gasteiger partial charge in [0.05, 0.1) is 13.2 Å². The van der Waals surface area contributed by atoms with Gasteiger partial charge in [-0.1, -0.05) is 24.3 Å². The molecule has 1 aliphatic heterocycles. The second-order valence-electron chi connectivity index (χ2n) is 6.72. The molecule has 0 aliphatic carbocycles. The average Bonchev–Trinajstić information content (AvgIpc) is 3.15. The van der Waals surface area contributed by atoms with Crippen molar-refractivity contribution in [3.8, 4) is 0 Å². The number of anilines is 1. The molecule has 140 valence electrons. The fourth-order valence-corrected chi connectivity index (χ4v) is 3.35. The number of aromatic nitrogens is 2. The van der Waals surface area contributed by atoms with E-state index in [0.717, 1.165) is 43.2 Å². The molecule has 27 heavy (non-hydrogen) atoms. The Morgan fingerprint density at radius 1 is 1.11 bits per heavy atom. The van der Waals surface area contributed by atoms with Gasteiger partial charge in [-0.05, 0) is 29.1 Å². The Hall–Kier alpha value is -2.86. The van der Waals surface area contributed by atoms with Crippen LogP contribution in [0.5, 0.6) is 0 Å². The zero-order valence-corrected chi connectivity index (χ0v) is 15.3. The van der Waals surface area contributed by atoms with Gasteiger partial charge in [0.15, 0.2) is 0 Å². The number of carbonyl (C=O) groups is 1. The number of para-hydroxylation sites is 1. The van der Waals surface area contributed by atoms with Crippen molar-refractivity contribution in [1.82, 2.24) is 14.9 Å². The van der Waals surface area contributed by atoms with Crippen molar-refractivity contribution in [2.45, 2.75) is 19.5 Å². The number of carbonyl (C=O) groups excluding carboxylic acids is 1. The van der Waals surface area contributed by atoms with Crippen LogP contribution in [0.3, 0.4) is 0 Å². The van der Waals surface area contributed by atoms with E-state index in [0.29, 0.717) is 19.5 Å². The van der Waals surface area contributed by atoms with Gasteiger partial charge in [-0.2, -0.15) is 0 Å². The van der Waals surface area contributed by atoms with E-state index in [1.165, 1.54) is 5.39 Å². The van der Waals surface area contributed by atoms with Crippen LogP contribution in [0.25, 0.3) is 10.9 Å². The van der Waals surface area contributed by atoms with Gasteiger partial charge in [-0.25, -0.2) is 4.98 Å². The molecule has 1 aliphatic rings. The number of amides is 1. The van der Waals surface area contributed by atoms with Crippen molar-refractivity contribution in [3.63, 3.8) is 0 Å². The highest BCUT2D eigenvalue weighted by molar-refractivity contribution is 5.80. The molecule has 0 atom stereocenters. The predicted octanol–water partition coefficient (Wildman–Crippen LogP) is 2.58. The van der Waals surface area contributed by atoms with Gasteiger partial charge in [0.2, 0.25) is 5.91 Å². The molecule has 0 bridgehead atoms. The standard InChI is InChI=1S/C21H24N4O2/c26-21(8-10-24-9-7-18-3-1-2-4-19(18)24)23-16-17-5-6-20(22-15-17)25-11-13-27-14-12-25/h1-7,9,15H,8,10-14,16H2,(H,23,26). The van der Waals surface area contributed by atoms with Crippen molar-refractivity contribution < 1.29 is 9.53 Å². The highest BCUT2D eigenvalue weighted by Gasteiger charge is 2.12. The summed E-state index contributed by atoms with van der Waals surface area (Å²) in [6.07, 6.45) is 4.33. The fourth-order valence-electron chi connectivity index (χ4n) is 3.35. The van der Waals surface area contributed by atoms with E-state index >= 15 is 0 Å². The van der Waals surface area contributed by atoms with Crippen molar-refractivity contribution >= 4 is 22.6 Å². The fraction of sp³-hybridized carbons (Fsp3) is 0.333. The highest BCUT2D eigenvalue weighted by Crippen LogP contribution is 2.15. The quantitative estimate of drug-likeness (QED) is 0.730. The van der Waals surface area contributed by atoms with E-state index in [1.54, 1.807) is 0 Å². The molecule has 1 aromatic carbocycles. The van der Waals surface area contributed by atoms with E-state index < -0.39 is 0 Å². The van der Waals surface area contributed by atoms with Gasteiger partial charge in [-0.15, -0.1) is 0 Å². The Balaban J connectivity index is 1.26. The molecule has 2 aromatic heterocycles. The van der Waals surface area contributed by atoms with Gasteiger partial charge >= 0.3 is 0 Å². The first kappa shape index (κ1) is 17.5. The van der Waals surface area contributed by atoms with Crippen LogP contribution in [-0.2, 0) is 22.6 Å². The number of morpholine rings is 1. The van der Waals surface area contributed by atoms with E-state index in [9.17, 15) is 4.79 Å². The summed E-state index contributed by atoms with van der Waals surface area (Å²) in [5, 5.41) is 4.18. The SMILES string of the molecule is O=C(CCn1ccc2ccccc21)NCc1ccc(N2CCOCC2)nc1. The Labute approximate surface area is 158 Å². The maximum absolute atomic E-state index is 12.2. The molecule has 0 unspecified atom stereocenters. The maximum atomic E-state index is 12.2. The largest absolute Gasteiger partial charge is 0.378 e. The summed E-state index contributed by atoms with van der Waals surface area (Å²) in [7, 11) is 0. The van der Waals surface area contributed by atoms with Gasteiger partial charge in [-0.3, -0.25) is 4.79 Å². The molecule has 6 heteroatoms. The number of fused-ring (bicyclic) bond motifs is 1. The molecule has 1 amide bonds. The molecule has 0 radical (unpaired) electrons. The maximum Gasteiger partial charge on any atom is 0.222 e. The van der Waals surface area contributed by atoms with Crippen molar-refractivity contribution in [1.29, 1.82) is 0 Å². The molecule has 1 fully saturated rings. The third-order valence-corrected chi connectivity index (χ3v) is 4.89. The zero-order valence-electron chi connectivity index (χ0n) is 15.3. The van der Waals surface area contributed by atoms with E-state index in [2.05, 4.69) is 38.0 Å². The van der Waals surface area contributed by atoms with Crippen LogP contribution >= 0.6 is 0 Å². The molecular weight excluding hydrogens is 340 g/mol. The zero-order chi connectivity index (χ0) is 18.5. The number of nitrogens with one attached hydrogen (secondary N) is 1. The molecule has 6 nitrogen and oxygen atoms in total. The molecule has 0 spiro atoms. The third kappa shape index (κ3) is 4.28. The van der Waals surface area contributed by atoms with Gasteiger partial charge in [0, 0.05) is 50.5 Å². The van der Waals surface area contributed by atoms with Gasteiger partial charge in [0.1, 0.15) is 5.82 Å². The Bertz CT molecular complexity index is 898. The first-order valence-corrected chi connectivity index (χ1v) is 9.38. The number of aryl methyl sites for hydroxylation is 1. The number of nitrogens with zero attached hydrogens (tertiary/aromatic N) is 3. The van der Waals surface area contributed by atoms with Crippen LogP contribution in [-0.4, -0.2) is 41.8 Å². The lowest BCUT2D eigenvalue weighted by Gasteiger charge is -2.27. The monoisotopic (exact) mass is 364 g/mol. The summed E-state index contributed by atoms with van der Waals surface area (Å²) in [5.41, 5.74) is 2.17. The van der Waals surface area contributed by atoms with Crippen molar-refractivity contribution in [2.75, 3.05) is 31.2 Å². The van der Waals surface area contributed by atoms with Crippen LogP contribution < -0.4 is 10.2 Å². The van der Waals surface area contributed by atoms with Crippen LogP contribution in [0.15, 0.2) is 54.9 Å². The molecule has 0 saturated carbocycles. The predicted molar refractivity (Wildman–Crippen MR) is 106 cm³/mol. The Kier molecular flexibility index (Phi) is 5.34. The number of benzene rings is 1. The van der Waals surface area contributed by atoms with E-state index in [4.69, 9.17) is 4.74 Å². The first-order chi connectivity index (χ1) is 13.3. The summed E-state index contributed by atoms with van der Waals surface area (Å²) >= 11 is 0. The summed E-state index contributed by atoms with van der Waals surface area (Å²) in [6.45, 7) is 4.41. The average molecular weight is 364 g/mol. The third-order valence-electron chi connectivity index (χ3n) is 4.89. The Morgan fingerprint density at radius 3 is 2.78 bits per heavy atom. The lowest BCUT2D eigenvalue weighted by Crippen LogP contribution is -2.36. The van der Waals surface area contributed by atoms with Gasteiger partial charge in [0.25, 0.3) is 0 Å². The molecule has 3 heterocycles. The molecule has 1 N–H and O–H groups in total. The van der Waals surface area contributed by atoms with Gasteiger partial charge < -0.3 is 19.5 Å². The lowest BCUT2D eigenvalue weighted by molar-refractivity contribution is -0.121. The van der Waals surface area contributed by atoms with Crippen LogP contribution in [0.4, 0.5) is 5.82 Å². The van der Waals surface area contributed by atoms with E-state index in [-0.39, 0.29) is 5.91 Å². The van der Waals surface area contributed by atoms with E-state index in [1.807, 2.05) is 36.7 Å². The topological polar surface area (TPSA) is 59.4 Å². The smallest absolute Gasteiger partial charge is 0.222 e. The molecule has 1 saturated heterocycles. The summed E-state index contributed by atoms with van der Waals surface area (Å²) in [6, 6.07) is 14.3. The summed E-state index contributed by atoms with van der Waals surface area (Å²) in [5.74, 6) is 1.01. The first-order valence-electron chi connectivity index (χ1n) is 9.38. The number of hydrogen-bond donors (Lipinski definition) is 1. The number of rotatable bonds is 6. The normalized spacial score (nSPS) is 14.4. The summed E-state index contributed by atoms with van der Waals surface area (Å²) in [4.78, 5) is 18.9. The highest BCUT2D eigenvalue weighted by atomic mass is 16.5. The molecule has 4 rings (SSSR count). The minimum absolute atomic E-state index is 0.0463. The number of pyridine rings is 1. The summed E-state index contributed by atoms with van der Waals surface area (Å²) < 4.78 is 7.48. The van der Waals surface area contributed by atoms with Crippen LogP contribution in [0.1, 0.15) is 12.0 Å². The minimum Gasteiger partial charge on any atom is -0.378 e. The second kappa shape index (κ2) is 8.22. The minimum atomic E-state index is 0.0463. The van der Waals surface area contributed by atoms with Crippen LogP contribution in [0, 0.1) is 0 Å². The molecule has 3 aromatic rings. The number of hydrogen-bond acceptors (Lipinski definition) is 4.